The molecule has 0 saturated heterocycles. The maximum absolute atomic E-state index is 5.63. The second kappa shape index (κ2) is 17.9. The van der Waals surface area contributed by atoms with Crippen LogP contribution in [-0.4, -0.2) is 42.2 Å². The Morgan fingerprint density at radius 1 is 0.833 bits per heavy atom. The average molecular weight is 267 g/mol. The van der Waals surface area contributed by atoms with Crippen molar-refractivity contribution in [3.63, 3.8) is 0 Å². The van der Waals surface area contributed by atoms with E-state index < -0.39 is 0 Å². The third kappa shape index (κ3) is 15.0. The Morgan fingerprint density at radius 3 is 2.00 bits per heavy atom. The molecule has 0 saturated carbocycles. The van der Waals surface area contributed by atoms with Gasteiger partial charge < -0.3 is 0 Å². The van der Waals surface area contributed by atoms with Crippen LogP contribution >= 0.6 is 0 Å². The molecule has 0 fully saturated rings. The Kier molecular flexibility index (Phi) is 21.1. The molecular weight excluding hydrogens is 233 g/mol. The molecule has 0 aromatic carbocycles. The van der Waals surface area contributed by atoms with E-state index in [1.807, 2.05) is 0 Å². The molecular formula is C15H34NNaO. The second-order valence-corrected chi connectivity index (χ2v) is 4.95. The Hall–Kier alpha value is 0.920. The van der Waals surface area contributed by atoms with Gasteiger partial charge in [0.25, 0.3) is 0 Å². The van der Waals surface area contributed by atoms with Crippen molar-refractivity contribution in [1.82, 2.24) is 5.48 Å². The summed E-state index contributed by atoms with van der Waals surface area (Å²) < 4.78 is 0. The Bertz CT molecular complexity index is 144. The van der Waals surface area contributed by atoms with Gasteiger partial charge in [-0.05, 0) is 19.3 Å². The van der Waals surface area contributed by atoms with Crippen molar-refractivity contribution >= 4 is 29.6 Å². The van der Waals surface area contributed by atoms with Crippen molar-refractivity contribution in [2.45, 2.75) is 91.1 Å². The van der Waals surface area contributed by atoms with Crippen LogP contribution in [0.15, 0.2) is 0 Å². The minimum absolute atomic E-state index is 0. The van der Waals surface area contributed by atoms with Crippen molar-refractivity contribution in [2.24, 2.45) is 0 Å². The minimum atomic E-state index is 0. The molecule has 0 heterocycles. The summed E-state index contributed by atoms with van der Waals surface area (Å²) >= 11 is 0. The maximum atomic E-state index is 5.63. The van der Waals surface area contributed by atoms with E-state index in [1.165, 1.54) is 51.4 Å². The predicted octanol–water partition coefficient (Wildman–Crippen LogP) is 4.19. The van der Waals surface area contributed by atoms with E-state index in [1.54, 1.807) is 0 Å². The zero-order valence-corrected chi connectivity index (χ0v) is 12.3. The Morgan fingerprint density at radius 2 is 1.44 bits per heavy atom. The van der Waals surface area contributed by atoms with Gasteiger partial charge in [0.1, 0.15) is 0 Å². The number of unbranched alkanes of at least 4 members (excludes halogenated alkanes) is 6. The van der Waals surface area contributed by atoms with Gasteiger partial charge >= 0.3 is 29.6 Å². The SMILES string of the molecule is CCCCCCCCCC(CC)ONCCC.[NaH]. The van der Waals surface area contributed by atoms with Crippen molar-refractivity contribution in [2.75, 3.05) is 6.54 Å². The molecule has 106 valence electrons. The van der Waals surface area contributed by atoms with Gasteiger partial charge in [0.15, 0.2) is 0 Å². The fourth-order valence-corrected chi connectivity index (χ4v) is 1.95. The monoisotopic (exact) mass is 267 g/mol. The Labute approximate surface area is 137 Å². The molecule has 0 aliphatic heterocycles. The fourth-order valence-electron chi connectivity index (χ4n) is 1.95. The summed E-state index contributed by atoms with van der Waals surface area (Å²) in [5, 5.41) is 0. The van der Waals surface area contributed by atoms with Crippen LogP contribution in [0.1, 0.15) is 85.0 Å². The normalized spacial score (nSPS) is 12.2. The molecule has 0 amide bonds. The third-order valence-corrected chi connectivity index (χ3v) is 3.19. The van der Waals surface area contributed by atoms with Gasteiger partial charge in [-0.15, -0.1) is 0 Å². The van der Waals surface area contributed by atoms with Crippen LogP contribution in [0, 0.1) is 0 Å². The van der Waals surface area contributed by atoms with Gasteiger partial charge in [0.2, 0.25) is 0 Å². The zero-order chi connectivity index (χ0) is 12.8. The summed E-state index contributed by atoms with van der Waals surface area (Å²) in [6.45, 7) is 7.60. The van der Waals surface area contributed by atoms with E-state index >= 15 is 0 Å². The number of hydrogen-bond acceptors (Lipinski definition) is 2. The molecule has 1 N–H and O–H groups in total. The van der Waals surface area contributed by atoms with Crippen molar-refractivity contribution < 1.29 is 4.84 Å². The van der Waals surface area contributed by atoms with Gasteiger partial charge in [-0.1, -0.05) is 65.7 Å². The first-order valence-corrected chi connectivity index (χ1v) is 7.73. The van der Waals surface area contributed by atoms with Gasteiger partial charge in [-0.2, -0.15) is 0 Å². The number of hydrogen-bond donors (Lipinski definition) is 1. The molecule has 2 nitrogen and oxygen atoms in total. The summed E-state index contributed by atoms with van der Waals surface area (Å²) in [5.74, 6) is 0. The quantitative estimate of drug-likeness (QED) is 0.307. The summed E-state index contributed by atoms with van der Waals surface area (Å²) in [7, 11) is 0. The molecule has 3 heteroatoms. The summed E-state index contributed by atoms with van der Waals surface area (Å²) in [4.78, 5) is 5.63. The van der Waals surface area contributed by atoms with Gasteiger partial charge in [0.05, 0.1) is 6.10 Å². The summed E-state index contributed by atoms with van der Waals surface area (Å²) in [5.41, 5.74) is 3.05. The number of hydroxylamine groups is 1. The molecule has 0 aliphatic rings. The van der Waals surface area contributed by atoms with Crippen LogP contribution in [0.25, 0.3) is 0 Å². The predicted molar refractivity (Wildman–Crippen MR) is 83.2 cm³/mol. The van der Waals surface area contributed by atoms with Crippen molar-refractivity contribution in [3.05, 3.63) is 0 Å². The first-order chi connectivity index (χ1) is 8.35. The van der Waals surface area contributed by atoms with E-state index in [0.717, 1.165) is 19.4 Å². The van der Waals surface area contributed by atoms with Gasteiger partial charge in [-0.25, -0.2) is 5.48 Å². The van der Waals surface area contributed by atoms with Gasteiger partial charge in [-0.3, -0.25) is 4.84 Å². The Balaban J connectivity index is 0. The molecule has 0 radical (unpaired) electrons. The third-order valence-electron chi connectivity index (χ3n) is 3.19. The van der Waals surface area contributed by atoms with Gasteiger partial charge in [0, 0.05) is 6.54 Å². The second-order valence-electron chi connectivity index (χ2n) is 4.95. The molecule has 0 spiro atoms. The van der Waals surface area contributed by atoms with E-state index in [-0.39, 0.29) is 29.6 Å². The van der Waals surface area contributed by atoms with Crippen LogP contribution in [0.2, 0.25) is 0 Å². The van der Waals surface area contributed by atoms with Crippen LogP contribution in [-0.2, 0) is 4.84 Å². The summed E-state index contributed by atoms with van der Waals surface area (Å²) in [6, 6.07) is 0. The van der Waals surface area contributed by atoms with E-state index in [4.69, 9.17) is 4.84 Å². The molecule has 1 atom stereocenters. The molecule has 0 bridgehead atoms. The topological polar surface area (TPSA) is 21.3 Å². The number of nitrogens with one attached hydrogen (secondary N) is 1. The van der Waals surface area contributed by atoms with Crippen LogP contribution in [0.3, 0.4) is 0 Å². The average Bonchev–Trinajstić information content (AvgIpc) is 2.35. The summed E-state index contributed by atoms with van der Waals surface area (Å²) in [6.07, 6.45) is 13.5. The van der Waals surface area contributed by atoms with Crippen molar-refractivity contribution in [1.29, 1.82) is 0 Å². The molecule has 0 rings (SSSR count). The first kappa shape index (κ1) is 21.2. The molecule has 1 unspecified atom stereocenters. The van der Waals surface area contributed by atoms with E-state index in [0.29, 0.717) is 6.10 Å². The first-order valence-electron chi connectivity index (χ1n) is 7.73. The zero-order valence-electron chi connectivity index (χ0n) is 12.3. The number of rotatable bonds is 13. The molecule has 0 aromatic rings. The van der Waals surface area contributed by atoms with E-state index in [2.05, 4.69) is 26.3 Å². The fraction of sp³-hybridized carbons (Fsp3) is 1.00. The van der Waals surface area contributed by atoms with Crippen LogP contribution in [0.5, 0.6) is 0 Å². The van der Waals surface area contributed by atoms with Crippen LogP contribution in [0.4, 0.5) is 0 Å². The van der Waals surface area contributed by atoms with Crippen LogP contribution < -0.4 is 5.48 Å². The van der Waals surface area contributed by atoms with E-state index in [9.17, 15) is 0 Å². The van der Waals surface area contributed by atoms with Crippen molar-refractivity contribution in [3.8, 4) is 0 Å². The molecule has 0 aliphatic carbocycles. The standard InChI is InChI=1S/C15H33NO.Na.H/c1-4-7-8-9-10-11-12-13-15(6-3)17-16-14-5-2;;/h15-16H,4-14H2,1-3H3;;. The molecule has 0 aromatic heterocycles. The molecule has 18 heavy (non-hydrogen) atoms.